The summed E-state index contributed by atoms with van der Waals surface area (Å²) in [4.78, 5) is 15.3. The molecule has 2 bridgehead atoms. The number of carbonyl (C=O) groups is 1. The van der Waals surface area contributed by atoms with Gasteiger partial charge in [-0.15, -0.1) is 0 Å². The van der Waals surface area contributed by atoms with Gasteiger partial charge in [0.05, 0.1) is 12.7 Å². The first kappa shape index (κ1) is 23.1. The highest BCUT2D eigenvalue weighted by molar-refractivity contribution is 5.79. The second-order valence-electron chi connectivity index (χ2n) is 10.7. The molecule has 1 amide bonds. The Labute approximate surface area is 212 Å². The third-order valence-electron chi connectivity index (χ3n) is 8.52. The van der Waals surface area contributed by atoms with E-state index in [-0.39, 0.29) is 24.1 Å². The van der Waals surface area contributed by atoms with Gasteiger partial charge in [-0.25, -0.2) is 4.79 Å². The van der Waals surface area contributed by atoms with Crippen molar-refractivity contribution in [2.75, 3.05) is 13.7 Å². The van der Waals surface area contributed by atoms with Gasteiger partial charge in [0, 0.05) is 30.8 Å². The summed E-state index contributed by atoms with van der Waals surface area (Å²) >= 11 is 0. The molecule has 0 radical (unpaired) electrons. The van der Waals surface area contributed by atoms with E-state index in [4.69, 9.17) is 9.47 Å². The predicted molar refractivity (Wildman–Crippen MR) is 139 cm³/mol. The Morgan fingerprint density at radius 1 is 0.944 bits per heavy atom. The van der Waals surface area contributed by atoms with Gasteiger partial charge in [0.2, 0.25) is 0 Å². The van der Waals surface area contributed by atoms with E-state index in [0.29, 0.717) is 19.4 Å². The molecular formula is C31H33NO4. The number of fused-ring (bicyclic) bond motifs is 5. The van der Waals surface area contributed by atoms with Crippen LogP contribution in [0, 0.1) is 13.8 Å². The highest BCUT2D eigenvalue weighted by Crippen LogP contribution is 2.49. The molecule has 3 aliphatic rings. The zero-order chi connectivity index (χ0) is 25.0. The maximum Gasteiger partial charge on any atom is 0.410 e. The second kappa shape index (κ2) is 8.67. The van der Waals surface area contributed by atoms with Crippen LogP contribution in [-0.4, -0.2) is 41.9 Å². The first-order chi connectivity index (χ1) is 17.4. The number of benzene rings is 3. The molecule has 0 spiro atoms. The first-order valence-electron chi connectivity index (χ1n) is 12.9. The van der Waals surface area contributed by atoms with E-state index in [1.54, 1.807) is 7.11 Å². The Balaban J connectivity index is 1.20. The molecule has 3 aromatic carbocycles. The van der Waals surface area contributed by atoms with E-state index < -0.39 is 5.60 Å². The number of methoxy groups -OCH3 is 1. The number of piperidine rings is 1. The van der Waals surface area contributed by atoms with Crippen LogP contribution in [0.15, 0.2) is 60.7 Å². The molecule has 1 N–H and O–H groups in total. The lowest BCUT2D eigenvalue weighted by Crippen LogP contribution is -2.52. The molecule has 0 saturated carbocycles. The van der Waals surface area contributed by atoms with Crippen LogP contribution in [0.1, 0.15) is 59.4 Å². The molecule has 5 heteroatoms. The molecule has 1 aliphatic carbocycles. The SMILES string of the molecule is COc1cc(C)c(C2(O)CC3CCC(C2)N3C(=O)OCC2c3ccccc3-c3ccccc32)c(C)c1. The normalized spacial score (nSPS) is 24.4. The monoisotopic (exact) mass is 483 g/mol. The Morgan fingerprint density at radius 2 is 1.47 bits per heavy atom. The molecule has 6 rings (SSSR count). The van der Waals surface area contributed by atoms with Crippen molar-refractivity contribution >= 4 is 6.09 Å². The van der Waals surface area contributed by atoms with Crippen LogP contribution >= 0.6 is 0 Å². The first-order valence-corrected chi connectivity index (χ1v) is 12.9. The van der Waals surface area contributed by atoms with Gasteiger partial charge in [0.1, 0.15) is 12.4 Å². The minimum atomic E-state index is -0.952. The molecule has 5 nitrogen and oxygen atoms in total. The average molecular weight is 484 g/mol. The van der Waals surface area contributed by atoms with Gasteiger partial charge in [-0.3, -0.25) is 0 Å². The summed E-state index contributed by atoms with van der Waals surface area (Å²) in [6, 6.07) is 20.7. The molecule has 36 heavy (non-hydrogen) atoms. The van der Waals surface area contributed by atoms with E-state index in [2.05, 4.69) is 36.4 Å². The van der Waals surface area contributed by atoms with Gasteiger partial charge < -0.3 is 19.5 Å². The van der Waals surface area contributed by atoms with Gasteiger partial charge in [-0.05, 0) is 77.8 Å². The molecule has 2 unspecified atom stereocenters. The maximum atomic E-state index is 13.4. The molecule has 2 saturated heterocycles. The summed E-state index contributed by atoms with van der Waals surface area (Å²) in [5, 5.41) is 11.8. The molecule has 2 aliphatic heterocycles. The largest absolute Gasteiger partial charge is 0.497 e. The van der Waals surface area contributed by atoms with Crippen molar-refractivity contribution in [3.8, 4) is 16.9 Å². The van der Waals surface area contributed by atoms with E-state index in [0.717, 1.165) is 35.3 Å². The van der Waals surface area contributed by atoms with E-state index in [9.17, 15) is 9.90 Å². The number of aryl methyl sites for hydroxylation is 2. The highest BCUT2D eigenvalue weighted by Gasteiger charge is 2.51. The smallest absolute Gasteiger partial charge is 0.410 e. The number of nitrogens with zero attached hydrogens (tertiary/aromatic N) is 1. The van der Waals surface area contributed by atoms with Crippen molar-refractivity contribution in [2.24, 2.45) is 0 Å². The third-order valence-corrected chi connectivity index (χ3v) is 8.52. The molecule has 186 valence electrons. The second-order valence-corrected chi connectivity index (χ2v) is 10.7. The van der Waals surface area contributed by atoms with Crippen molar-refractivity contribution < 1.29 is 19.4 Å². The van der Waals surface area contributed by atoms with Gasteiger partial charge in [0.25, 0.3) is 0 Å². The fourth-order valence-electron chi connectivity index (χ4n) is 7.17. The highest BCUT2D eigenvalue weighted by atomic mass is 16.6. The predicted octanol–water partition coefficient (Wildman–Crippen LogP) is 6.08. The standard InChI is InChI=1S/C31H33NO4/c1-19-14-23(35-3)15-20(2)29(19)31(34)16-21-12-13-22(17-31)32(21)30(33)36-18-28-26-10-6-4-8-24(26)25-9-5-7-11-27(25)28/h4-11,14-15,21-22,28,34H,12-13,16-18H2,1-3H3. The fraction of sp³-hybridized carbons (Fsp3) is 0.387. The number of carbonyl (C=O) groups excluding carboxylic acids is 1. The molecule has 2 heterocycles. The maximum absolute atomic E-state index is 13.4. The van der Waals surface area contributed by atoms with Gasteiger partial charge in [0.15, 0.2) is 0 Å². The third kappa shape index (κ3) is 3.60. The zero-order valence-corrected chi connectivity index (χ0v) is 21.2. The number of hydrogen-bond donors (Lipinski definition) is 1. The Bertz CT molecular complexity index is 1250. The molecule has 3 aromatic rings. The number of rotatable bonds is 4. The van der Waals surface area contributed by atoms with Crippen molar-refractivity contribution in [1.82, 2.24) is 4.90 Å². The molecule has 0 aromatic heterocycles. The van der Waals surface area contributed by atoms with Crippen LogP contribution in [0.3, 0.4) is 0 Å². The van der Waals surface area contributed by atoms with Crippen molar-refractivity contribution in [3.63, 3.8) is 0 Å². The van der Waals surface area contributed by atoms with E-state index in [1.165, 1.54) is 22.3 Å². The number of hydrogen-bond acceptors (Lipinski definition) is 4. The van der Waals surface area contributed by atoms with Gasteiger partial charge in [-0.2, -0.15) is 0 Å². The van der Waals surface area contributed by atoms with Gasteiger partial charge >= 0.3 is 6.09 Å². The minimum Gasteiger partial charge on any atom is -0.497 e. The van der Waals surface area contributed by atoms with Crippen molar-refractivity contribution in [2.45, 2.75) is 63.1 Å². The fourth-order valence-corrected chi connectivity index (χ4v) is 7.17. The number of aliphatic hydroxyl groups is 1. The quantitative estimate of drug-likeness (QED) is 0.489. The summed E-state index contributed by atoms with van der Waals surface area (Å²) in [7, 11) is 1.66. The zero-order valence-electron chi connectivity index (χ0n) is 21.2. The molecule has 2 atom stereocenters. The average Bonchev–Trinajstić information content (AvgIpc) is 3.34. The van der Waals surface area contributed by atoms with Crippen LogP contribution in [0.4, 0.5) is 4.79 Å². The number of ether oxygens (including phenoxy) is 2. The summed E-state index contributed by atoms with van der Waals surface area (Å²) < 4.78 is 11.4. The van der Waals surface area contributed by atoms with E-state index in [1.807, 2.05) is 43.0 Å². The Morgan fingerprint density at radius 3 is 2.00 bits per heavy atom. The van der Waals surface area contributed by atoms with Crippen molar-refractivity contribution in [3.05, 3.63) is 88.5 Å². The van der Waals surface area contributed by atoms with E-state index >= 15 is 0 Å². The lowest BCUT2D eigenvalue weighted by atomic mass is 9.77. The number of amides is 1. The molecular weight excluding hydrogens is 450 g/mol. The van der Waals surface area contributed by atoms with Crippen LogP contribution in [0.25, 0.3) is 11.1 Å². The van der Waals surface area contributed by atoms with Crippen LogP contribution < -0.4 is 4.74 Å². The summed E-state index contributed by atoms with van der Waals surface area (Å²) in [5.74, 6) is 0.849. The van der Waals surface area contributed by atoms with Crippen LogP contribution in [0.2, 0.25) is 0 Å². The molecule has 2 fully saturated rings. The topological polar surface area (TPSA) is 59.0 Å². The van der Waals surface area contributed by atoms with Gasteiger partial charge in [-0.1, -0.05) is 48.5 Å². The van der Waals surface area contributed by atoms with Crippen LogP contribution in [-0.2, 0) is 10.3 Å². The lowest BCUT2D eigenvalue weighted by Gasteiger charge is -2.44. The lowest BCUT2D eigenvalue weighted by molar-refractivity contribution is -0.0538. The summed E-state index contributed by atoms with van der Waals surface area (Å²) in [6.45, 7) is 4.38. The summed E-state index contributed by atoms with van der Waals surface area (Å²) in [6.07, 6.45) is 2.59. The minimum absolute atomic E-state index is 0.0229. The van der Waals surface area contributed by atoms with Crippen LogP contribution in [0.5, 0.6) is 5.75 Å². The van der Waals surface area contributed by atoms with Crippen molar-refractivity contribution in [1.29, 1.82) is 0 Å². The Kier molecular flexibility index (Phi) is 5.56. The Hall–Kier alpha value is -3.31. The summed E-state index contributed by atoms with van der Waals surface area (Å²) in [5.41, 5.74) is 6.97.